The van der Waals surface area contributed by atoms with Gasteiger partial charge in [-0.1, -0.05) is 30.3 Å². The number of nitrogens with zero attached hydrogens (tertiary/aromatic N) is 6. The Morgan fingerprint density at radius 3 is 2.81 bits per heavy atom. The Morgan fingerprint density at radius 2 is 1.97 bits per heavy atom. The molecular formula is C24H21N7S. The summed E-state index contributed by atoms with van der Waals surface area (Å²) >= 11 is 1.66. The van der Waals surface area contributed by atoms with Gasteiger partial charge in [-0.2, -0.15) is 21.3 Å². The average molecular weight is 440 g/mol. The molecule has 0 bridgehead atoms. The van der Waals surface area contributed by atoms with E-state index in [9.17, 15) is 0 Å². The molecule has 0 fully saturated rings. The van der Waals surface area contributed by atoms with Gasteiger partial charge in [-0.3, -0.25) is 9.55 Å². The highest BCUT2D eigenvalue weighted by Gasteiger charge is 2.22. The number of pyridine rings is 1. The highest BCUT2D eigenvalue weighted by atomic mass is 32.1. The third kappa shape index (κ3) is 3.48. The van der Waals surface area contributed by atoms with Gasteiger partial charge in [0.2, 0.25) is 5.95 Å². The maximum Gasteiger partial charge on any atom is 0.229 e. The lowest BCUT2D eigenvalue weighted by molar-refractivity contribution is 0.709. The van der Waals surface area contributed by atoms with Gasteiger partial charge in [0.05, 0.1) is 5.69 Å². The number of anilines is 2. The first kappa shape index (κ1) is 18.9. The van der Waals surface area contributed by atoms with E-state index in [1.807, 2.05) is 29.2 Å². The monoisotopic (exact) mass is 439 g/mol. The number of fused-ring (bicyclic) bond motifs is 2. The van der Waals surface area contributed by atoms with Crippen molar-refractivity contribution in [2.75, 3.05) is 16.8 Å². The molecule has 0 saturated carbocycles. The van der Waals surface area contributed by atoms with E-state index >= 15 is 0 Å². The normalized spacial score (nSPS) is 13.3. The van der Waals surface area contributed by atoms with Gasteiger partial charge in [-0.05, 0) is 40.6 Å². The van der Waals surface area contributed by atoms with Crippen molar-refractivity contribution in [3.05, 3.63) is 88.6 Å². The quantitative estimate of drug-likeness (QED) is 0.436. The molecule has 5 aromatic rings. The first-order valence-electron chi connectivity index (χ1n) is 10.6. The molecule has 7 nitrogen and oxygen atoms in total. The zero-order valence-corrected chi connectivity index (χ0v) is 18.2. The highest BCUT2D eigenvalue weighted by molar-refractivity contribution is 7.08. The van der Waals surface area contributed by atoms with Crippen LogP contribution >= 0.6 is 11.3 Å². The highest BCUT2D eigenvalue weighted by Crippen LogP contribution is 2.28. The predicted molar refractivity (Wildman–Crippen MR) is 127 cm³/mol. The molecule has 1 aliphatic rings. The molecule has 8 heteroatoms. The van der Waals surface area contributed by atoms with Gasteiger partial charge >= 0.3 is 0 Å². The van der Waals surface area contributed by atoms with Gasteiger partial charge < -0.3 is 10.2 Å². The molecule has 4 aromatic heterocycles. The van der Waals surface area contributed by atoms with Crippen LogP contribution < -0.4 is 10.2 Å². The van der Waals surface area contributed by atoms with Crippen LogP contribution in [0.2, 0.25) is 0 Å². The third-order valence-corrected chi connectivity index (χ3v) is 6.44. The summed E-state index contributed by atoms with van der Waals surface area (Å²) in [5, 5.41) is 7.63. The maximum atomic E-state index is 4.97. The smallest absolute Gasteiger partial charge is 0.229 e. The van der Waals surface area contributed by atoms with Gasteiger partial charge in [-0.25, -0.2) is 4.98 Å². The maximum absolute atomic E-state index is 4.97. The SMILES string of the molecule is c1cncc(CNc2nc(N3CCc4ccccc4C3)nc3c2ncn3-c2ccsc2)c1. The Bertz CT molecular complexity index is 1360. The summed E-state index contributed by atoms with van der Waals surface area (Å²) in [7, 11) is 0. The number of imidazole rings is 1. The Morgan fingerprint density at radius 1 is 1.03 bits per heavy atom. The molecule has 6 rings (SSSR count). The van der Waals surface area contributed by atoms with Crippen LogP contribution in [-0.2, 0) is 19.5 Å². The molecule has 1 aliphatic heterocycles. The van der Waals surface area contributed by atoms with E-state index in [1.165, 1.54) is 11.1 Å². The van der Waals surface area contributed by atoms with Crippen LogP contribution in [-0.4, -0.2) is 31.0 Å². The van der Waals surface area contributed by atoms with Crippen LogP contribution in [0.4, 0.5) is 11.8 Å². The van der Waals surface area contributed by atoms with Gasteiger partial charge in [0.1, 0.15) is 6.33 Å². The molecule has 0 amide bonds. The number of rotatable bonds is 5. The summed E-state index contributed by atoms with van der Waals surface area (Å²) in [6.07, 6.45) is 6.45. The number of nitrogens with one attached hydrogen (secondary N) is 1. The van der Waals surface area contributed by atoms with E-state index in [2.05, 4.69) is 61.3 Å². The molecule has 0 spiro atoms. The van der Waals surface area contributed by atoms with E-state index in [0.29, 0.717) is 6.54 Å². The van der Waals surface area contributed by atoms with Gasteiger partial charge in [0.25, 0.3) is 0 Å². The molecule has 1 aromatic carbocycles. The Labute approximate surface area is 189 Å². The molecule has 0 aliphatic carbocycles. The molecule has 0 unspecified atom stereocenters. The minimum absolute atomic E-state index is 0.619. The summed E-state index contributed by atoms with van der Waals surface area (Å²) in [5.41, 5.74) is 6.46. The summed E-state index contributed by atoms with van der Waals surface area (Å²) in [5.74, 6) is 1.46. The fourth-order valence-electron chi connectivity index (χ4n) is 4.09. The van der Waals surface area contributed by atoms with Crippen LogP contribution in [0.3, 0.4) is 0 Å². The van der Waals surface area contributed by atoms with Gasteiger partial charge in [0.15, 0.2) is 17.0 Å². The second-order valence-corrected chi connectivity index (χ2v) is 8.58. The van der Waals surface area contributed by atoms with Gasteiger partial charge in [0, 0.05) is 37.4 Å². The largest absolute Gasteiger partial charge is 0.364 e. The van der Waals surface area contributed by atoms with Crippen LogP contribution in [0.25, 0.3) is 16.9 Å². The van der Waals surface area contributed by atoms with Crippen molar-refractivity contribution in [3.63, 3.8) is 0 Å². The fraction of sp³-hybridized carbons (Fsp3) is 0.167. The molecule has 0 radical (unpaired) electrons. The van der Waals surface area contributed by atoms with Gasteiger partial charge in [-0.15, -0.1) is 0 Å². The topological polar surface area (TPSA) is 71.8 Å². The minimum atomic E-state index is 0.619. The molecule has 158 valence electrons. The van der Waals surface area contributed by atoms with Crippen LogP contribution in [0.5, 0.6) is 0 Å². The zero-order valence-electron chi connectivity index (χ0n) is 17.3. The van der Waals surface area contributed by atoms with Crippen LogP contribution in [0.15, 0.2) is 71.9 Å². The lowest BCUT2D eigenvalue weighted by Crippen LogP contribution is -2.32. The molecule has 32 heavy (non-hydrogen) atoms. The summed E-state index contributed by atoms with van der Waals surface area (Å²) < 4.78 is 2.03. The Kier molecular flexibility index (Phi) is 4.77. The standard InChI is InChI=1S/C24H21N7S/c1-2-6-19-14-30(10-7-18(19)5-1)24-28-22(26-13-17-4-3-9-25-12-17)21-23(29-24)31(16-27-21)20-8-11-32-15-20/h1-6,8-9,11-12,15-16H,7,10,13-14H2,(H,26,28,29). The minimum Gasteiger partial charge on any atom is -0.364 e. The predicted octanol–water partition coefficient (Wildman–Crippen LogP) is 4.45. The van der Waals surface area contributed by atoms with Crippen molar-refractivity contribution < 1.29 is 0 Å². The van der Waals surface area contributed by atoms with E-state index in [4.69, 9.17) is 9.97 Å². The first-order chi connectivity index (χ1) is 15.8. The lowest BCUT2D eigenvalue weighted by atomic mass is 10.0. The third-order valence-electron chi connectivity index (χ3n) is 5.76. The lowest BCUT2D eigenvalue weighted by Gasteiger charge is -2.29. The number of thiophene rings is 1. The van der Waals surface area contributed by atoms with Crippen molar-refractivity contribution in [2.45, 2.75) is 19.5 Å². The number of hydrogen-bond donors (Lipinski definition) is 1. The number of benzene rings is 1. The second kappa shape index (κ2) is 8.05. The average Bonchev–Trinajstić information content (AvgIpc) is 3.53. The van der Waals surface area contributed by atoms with Crippen molar-refractivity contribution in [1.29, 1.82) is 0 Å². The molecular weight excluding hydrogens is 418 g/mol. The van der Waals surface area contributed by atoms with E-state index < -0.39 is 0 Å². The van der Waals surface area contributed by atoms with E-state index in [1.54, 1.807) is 17.5 Å². The fourth-order valence-corrected chi connectivity index (χ4v) is 4.72. The Balaban J connectivity index is 1.41. The van der Waals surface area contributed by atoms with Crippen molar-refractivity contribution in [2.24, 2.45) is 0 Å². The molecule has 0 saturated heterocycles. The Hall–Kier alpha value is -3.78. The first-order valence-corrected chi connectivity index (χ1v) is 11.5. The van der Waals surface area contributed by atoms with Crippen LogP contribution in [0.1, 0.15) is 16.7 Å². The molecule has 1 N–H and O–H groups in total. The summed E-state index contributed by atoms with van der Waals surface area (Å²) in [4.78, 5) is 21.0. The van der Waals surface area contributed by atoms with E-state index in [-0.39, 0.29) is 0 Å². The summed E-state index contributed by atoms with van der Waals surface area (Å²) in [6.45, 7) is 2.31. The molecule has 0 atom stereocenters. The van der Waals surface area contributed by atoms with Crippen molar-refractivity contribution in [3.8, 4) is 5.69 Å². The summed E-state index contributed by atoms with van der Waals surface area (Å²) in [6, 6.07) is 14.7. The van der Waals surface area contributed by atoms with E-state index in [0.717, 1.165) is 53.7 Å². The van der Waals surface area contributed by atoms with Crippen LogP contribution in [0, 0.1) is 0 Å². The number of hydrogen-bond acceptors (Lipinski definition) is 7. The zero-order chi connectivity index (χ0) is 21.3. The van der Waals surface area contributed by atoms with Crippen molar-refractivity contribution >= 4 is 34.3 Å². The second-order valence-electron chi connectivity index (χ2n) is 7.80. The number of aromatic nitrogens is 5. The molecule has 5 heterocycles. The van der Waals surface area contributed by atoms with Crippen molar-refractivity contribution in [1.82, 2.24) is 24.5 Å².